The molecule has 0 unspecified atom stereocenters. The number of para-hydroxylation sites is 1. The zero-order valence-corrected chi connectivity index (χ0v) is 16.9. The number of halogens is 2. The van der Waals surface area contributed by atoms with Crippen LogP contribution in [0, 0.1) is 13.8 Å². The Morgan fingerprint density at radius 3 is 2.11 bits per heavy atom. The smallest absolute Gasteiger partial charge is 0.457 e. The van der Waals surface area contributed by atoms with E-state index >= 15 is 0 Å². The van der Waals surface area contributed by atoms with Gasteiger partial charge in [-0.25, -0.2) is 4.98 Å². The molecular weight excluding hydrogens is 394 g/mol. The van der Waals surface area contributed by atoms with Gasteiger partial charge in [0.2, 0.25) is 0 Å². The molecule has 0 aliphatic heterocycles. The molecule has 4 rings (SSSR count). The highest BCUT2D eigenvalue weighted by Crippen LogP contribution is 2.22. The number of nitrogens with zero attached hydrogens (tertiary/aromatic N) is 2. The summed E-state index contributed by atoms with van der Waals surface area (Å²) < 4.78 is 7.87. The molecule has 140 valence electrons. The lowest BCUT2D eigenvalue weighted by atomic mass is 9.55. The molecule has 0 atom stereocenters. The molecule has 1 N–H and O–H groups in total. The van der Waals surface area contributed by atoms with E-state index in [4.69, 9.17) is 28.0 Å². The van der Waals surface area contributed by atoms with E-state index in [0.29, 0.717) is 21.1 Å². The van der Waals surface area contributed by atoms with Crippen LogP contribution in [0.15, 0.2) is 60.9 Å². The number of phenols is 1. The summed E-state index contributed by atoms with van der Waals surface area (Å²) in [5.41, 5.74) is 4.90. The van der Waals surface area contributed by atoms with Crippen LogP contribution in [0.3, 0.4) is 0 Å². The Kier molecular flexibility index (Phi) is 4.96. The monoisotopic (exact) mass is 410 g/mol. The molecule has 1 heterocycles. The van der Waals surface area contributed by atoms with Crippen molar-refractivity contribution >= 4 is 52.1 Å². The molecule has 0 fully saturated rings. The van der Waals surface area contributed by atoms with Gasteiger partial charge in [0, 0.05) is 10.0 Å². The molecular formula is C21H17BCl2N2O2. The molecule has 0 aliphatic carbocycles. The number of aromatic hydroxyl groups is 1. The van der Waals surface area contributed by atoms with E-state index < -0.39 is 6.92 Å². The van der Waals surface area contributed by atoms with Crippen molar-refractivity contribution in [2.45, 2.75) is 13.8 Å². The van der Waals surface area contributed by atoms with Crippen LogP contribution < -0.4 is 15.7 Å². The second-order valence-electron chi connectivity index (χ2n) is 6.72. The maximum atomic E-state index is 10.0. The van der Waals surface area contributed by atoms with E-state index in [-0.39, 0.29) is 5.75 Å². The van der Waals surface area contributed by atoms with Crippen LogP contribution in [-0.4, -0.2) is 21.7 Å². The Hall–Kier alpha value is -2.63. The highest BCUT2D eigenvalue weighted by molar-refractivity contribution is 6.80. The van der Waals surface area contributed by atoms with Crippen molar-refractivity contribution < 1.29 is 9.86 Å². The lowest BCUT2D eigenvalue weighted by Gasteiger charge is -2.18. The van der Waals surface area contributed by atoms with Crippen LogP contribution in [-0.2, 0) is 0 Å². The summed E-state index contributed by atoms with van der Waals surface area (Å²) in [5, 5.41) is 11.3. The second-order valence-corrected chi connectivity index (χ2v) is 7.53. The van der Waals surface area contributed by atoms with Gasteiger partial charge in [-0.3, -0.25) is 0 Å². The van der Waals surface area contributed by atoms with E-state index in [1.165, 1.54) is 0 Å². The summed E-state index contributed by atoms with van der Waals surface area (Å²) in [4.78, 5) is 4.26. The SMILES string of the molecule is Cc1ccc(B(On2cnc3c(O)cccc32)c2ccc(C)c(Cl)c2)cc1Cl. The van der Waals surface area contributed by atoms with Crippen molar-refractivity contribution in [2.75, 3.05) is 0 Å². The largest absolute Gasteiger partial charge is 0.506 e. The Bertz CT molecular complexity index is 1120. The molecule has 1 aromatic heterocycles. The topological polar surface area (TPSA) is 47.3 Å². The summed E-state index contributed by atoms with van der Waals surface area (Å²) in [7, 11) is 0. The van der Waals surface area contributed by atoms with Crippen LogP contribution in [0.1, 0.15) is 11.1 Å². The third-order valence-corrected chi connectivity index (χ3v) is 5.55. The minimum absolute atomic E-state index is 0.105. The normalized spacial score (nSPS) is 11.0. The Labute approximate surface area is 173 Å². The van der Waals surface area contributed by atoms with Gasteiger partial charge in [-0.15, -0.1) is 0 Å². The fourth-order valence-electron chi connectivity index (χ4n) is 3.06. The van der Waals surface area contributed by atoms with Crippen molar-refractivity contribution in [3.05, 3.63) is 82.1 Å². The van der Waals surface area contributed by atoms with Gasteiger partial charge in [-0.1, -0.05) is 53.5 Å². The molecule has 4 nitrogen and oxygen atoms in total. The molecule has 0 saturated heterocycles. The number of aromatic nitrogens is 2. The van der Waals surface area contributed by atoms with Gasteiger partial charge in [-0.05, 0) is 60.2 Å². The molecule has 0 spiro atoms. The van der Waals surface area contributed by atoms with Crippen molar-refractivity contribution in [3.63, 3.8) is 0 Å². The summed E-state index contributed by atoms with van der Waals surface area (Å²) >= 11 is 12.7. The summed E-state index contributed by atoms with van der Waals surface area (Å²) in [5.74, 6) is 0.105. The van der Waals surface area contributed by atoms with Gasteiger partial charge in [0.05, 0.1) is 0 Å². The number of phenolic OH excluding ortho intramolecular Hbond substituents is 1. The number of hydrogen-bond acceptors (Lipinski definition) is 3. The number of fused-ring (bicyclic) bond motifs is 1. The zero-order valence-electron chi connectivity index (χ0n) is 15.4. The fraction of sp³-hybridized carbons (Fsp3) is 0.0952. The van der Waals surface area contributed by atoms with Crippen molar-refractivity contribution in [3.8, 4) is 5.75 Å². The predicted octanol–water partition coefficient (Wildman–Crippen LogP) is 3.90. The van der Waals surface area contributed by atoms with Crippen LogP contribution in [0.4, 0.5) is 0 Å². The number of rotatable bonds is 4. The molecule has 4 aromatic rings. The van der Waals surface area contributed by atoms with Gasteiger partial charge in [0.25, 0.3) is 0 Å². The van der Waals surface area contributed by atoms with Crippen molar-refractivity contribution in [1.29, 1.82) is 0 Å². The third-order valence-electron chi connectivity index (χ3n) is 4.74. The first-order valence-electron chi connectivity index (χ1n) is 8.78. The van der Waals surface area contributed by atoms with E-state index in [1.807, 2.05) is 56.3 Å². The molecule has 0 bridgehead atoms. The standard InChI is InChI=1S/C21H17BCl2N2O2/c1-13-6-8-15(10-17(13)23)22(16-9-7-14(2)18(24)11-16)28-26-12-25-21-19(26)4-3-5-20(21)27/h3-12,27H,1-2H3. The minimum atomic E-state index is -0.462. The lowest BCUT2D eigenvalue weighted by molar-refractivity contribution is 0.300. The second kappa shape index (κ2) is 7.42. The average Bonchev–Trinajstić information content (AvgIpc) is 3.09. The number of imidazole rings is 1. The van der Waals surface area contributed by atoms with Gasteiger partial charge < -0.3 is 9.86 Å². The molecule has 7 heteroatoms. The summed E-state index contributed by atoms with van der Waals surface area (Å²) in [6.07, 6.45) is 1.54. The number of hydrogen-bond donors (Lipinski definition) is 1. The van der Waals surface area contributed by atoms with E-state index in [1.54, 1.807) is 23.2 Å². The first-order chi connectivity index (χ1) is 13.4. The van der Waals surface area contributed by atoms with Crippen molar-refractivity contribution in [1.82, 2.24) is 9.71 Å². The lowest BCUT2D eigenvalue weighted by Crippen LogP contribution is -2.50. The summed E-state index contributed by atoms with van der Waals surface area (Å²) in [6.45, 7) is 3.45. The molecule has 0 radical (unpaired) electrons. The van der Waals surface area contributed by atoms with Crippen LogP contribution in [0.25, 0.3) is 11.0 Å². The van der Waals surface area contributed by atoms with Crippen molar-refractivity contribution in [2.24, 2.45) is 0 Å². The van der Waals surface area contributed by atoms with Gasteiger partial charge in [0.15, 0.2) is 0 Å². The zero-order chi connectivity index (χ0) is 19.8. The first-order valence-corrected chi connectivity index (χ1v) is 9.54. The third kappa shape index (κ3) is 3.43. The van der Waals surface area contributed by atoms with Gasteiger partial charge in [-0.2, -0.15) is 4.73 Å². The molecule has 28 heavy (non-hydrogen) atoms. The van der Waals surface area contributed by atoms with E-state index in [9.17, 15) is 5.11 Å². The van der Waals surface area contributed by atoms with Crippen LogP contribution in [0.5, 0.6) is 5.75 Å². The van der Waals surface area contributed by atoms with Gasteiger partial charge in [0.1, 0.15) is 23.1 Å². The van der Waals surface area contributed by atoms with E-state index in [2.05, 4.69) is 4.98 Å². The number of aryl methyl sites for hydroxylation is 2. The molecule has 0 saturated carbocycles. The predicted molar refractivity (Wildman–Crippen MR) is 115 cm³/mol. The maximum absolute atomic E-state index is 10.0. The highest BCUT2D eigenvalue weighted by atomic mass is 35.5. The Balaban J connectivity index is 1.83. The molecule has 0 aliphatic rings. The molecule has 0 amide bonds. The fourth-order valence-corrected chi connectivity index (χ4v) is 3.44. The maximum Gasteiger partial charge on any atom is 0.457 e. The van der Waals surface area contributed by atoms with Crippen LogP contribution in [0.2, 0.25) is 10.0 Å². The quantitative estimate of drug-likeness (QED) is 0.519. The molecule has 3 aromatic carbocycles. The number of benzene rings is 3. The highest BCUT2D eigenvalue weighted by Gasteiger charge is 2.27. The van der Waals surface area contributed by atoms with Gasteiger partial charge >= 0.3 is 6.92 Å². The Morgan fingerprint density at radius 2 is 1.54 bits per heavy atom. The first kappa shape index (κ1) is 18.7. The minimum Gasteiger partial charge on any atom is -0.506 e. The van der Waals surface area contributed by atoms with Crippen LogP contribution >= 0.6 is 23.2 Å². The summed E-state index contributed by atoms with van der Waals surface area (Å²) in [6, 6.07) is 16.9. The van der Waals surface area contributed by atoms with E-state index in [0.717, 1.165) is 22.1 Å². The average molecular weight is 411 g/mol. The Morgan fingerprint density at radius 1 is 0.929 bits per heavy atom.